The summed E-state index contributed by atoms with van der Waals surface area (Å²) in [6, 6.07) is -1.12. The fourth-order valence-corrected chi connectivity index (χ4v) is 2.63. The number of carbonyl (C=O) groups excluding carboxylic acids is 3. The Balaban J connectivity index is 2.14. The molecule has 2 saturated heterocycles. The van der Waals surface area contributed by atoms with Crippen LogP contribution in [-0.2, 0) is 9.59 Å². The van der Waals surface area contributed by atoms with Gasteiger partial charge in [0.25, 0.3) is 5.91 Å². The van der Waals surface area contributed by atoms with Gasteiger partial charge >= 0.3 is 6.03 Å². The van der Waals surface area contributed by atoms with Gasteiger partial charge in [0.2, 0.25) is 5.91 Å². The Morgan fingerprint density at radius 2 is 2.05 bits per heavy atom. The summed E-state index contributed by atoms with van der Waals surface area (Å²) < 4.78 is 0. The Morgan fingerprint density at radius 3 is 2.55 bits per heavy atom. The molecule has 0 radical (unpaired) electrons. The van der Waals surface area contributed by atoms with Crippen LogP contribution in [0.25, 0.3) is 0 Å². The summed E-state index contributed by atoms with van der Waals surface area (Å²) >= 11 is 0. The van der Waals surface area contributed by atoms with Crippen molar-refractivity contribution in [1.82, 2.24) is 15.5 Å². The third kappa shape index (κ3) is 2.49. The van der Waals surface area contributed by atoms with Crippen LogP contribution < -0.4 is 16.4 Å². The van der Waals surface area contributed by atoms with E-state index in [1.165, 1.54) is 0 Å². The summed E-state index contributed by atoms with van der Waals surface area (Å²) in [5.41, 5.74) is 4.67. The van der Waals surface area contributed by atoms with Gasteiger partial charge in [0, 0.05) is 6.54 Å². The Hall–Kier alpha value is -1.63. The van der Waals surface area contributed by atoms with Crippen molar-refractivity contribution in [3.63, 3.8) is 0 Å². The molecular formula is C13H22N4O3. The van der Waals surface area contributed by atoms with Crippen molar-refractivity contribution in [2.45, 2.75) is 45.2 Å². The minimum atomic E-state index is -0.984. The van der Waals surface area contributed by atoms with Crippen LogP contribution in [0.5, 0.6) is 0 Å². The zero-order valence-corrected chi connectivity index (χ0v) is 12.2. The van der Waals surface area contributed by atoms with Crippen molar-refractivity contribution in [3.8, 4) is 0 Å². The minimum Gasteiger partial charge on any atom is -0.338 e. The molecule has 0 saturated carbocycles. The van der Waals surface area contributed by atoms with Gasteiger partial charge in [-0.25, -0.2) is 4.79 Å². The van der Waals surface area contributed by atoms with Gasteiger partial charge in [-0.15, -0.1) is 0 Å². The number of urea groups is 1. The number of imide groups is 1. The fourth-order valence-electron chi connectivity index (χ4n) is 2.63. The molecule has 1 unspecified atom stereocenters. The first kappa shape index (κ1) is 14.8. The van der Waals surface area contributed by atoms with Crippen molar-refractivity contribution >= 4 is 17.8 Å². The number of rotatable bonds is 1. The normalized spacial score (nSPS) is 28.3. The van der Waals surface area contributed by atoms with Gasteiger partial charge in [0.15, 0.2) is 0 Å². The van der Waals surface area contributed by atoms with Gasteiger partial charge in [0.05, 0.1) is 12.6 Å². The first-order chi connectivity index (χ1) is 9.16. The zero-order valence-electron chi connectivity index (χ0n) is 12.2. The quantitative estimate of drug-likeness (QED) is 0.567. The zero-order chi connectivity index (χ0) is 15.1. The molecular weight excluding hydrogens is 260 g/mol. The minimum absolute atomic E-state index is 0.175. The second kappa shape index (κ2) is 4.73. The van der Waals surface area contributed by atoms with E-state index < -0.39 is 17.6 Å². The summed E-state index contributed by atoms with van der Waals surface area (Å²) in [5, 5.41) is 4.89. The van der Waals surface area contributed by atoms with E-state index in [9.17, 15) is 14.4 Å². The maximum absolute atomic E-state index is 12.4. The molecule has 1 spiro atoms. The number of amides is 4. The SMILES string of the molecule is CC(C)(C)[C@H](N)C(=O)N1CCCC2(C1)NC(=O)NC2=O. The Kier molecular flexibility index (Phi) is 3.49. The summed E-state index contributed by atoms with van der Waals surface area (Å²) in [4.78, 5) is 37.3. The number of hydrogen-bond donors (Lipinski definition) is 3. The molecule has 7 heteroatoms. The average Bonchev–Trinajstić information content (AvgIpc) is 2.61. The Labute approximate surface area is 118 Å². The number of hydrogen-bond acceptors (Lipinski definition) is 4. The molecule has 0 aromatic rings. The van der Waals surface area contributed by atoms with Crippen LogP contribution >= 0.6 is 0 Å². The van der Waals surface area contributed by atoms with E-state index in [0.717, 1.165) is 0 Å². The highest BCUT2D eigenvalue weighted by atomic mass is 16.2. The fraction of sp³-hybridized carbons (Fsp3) is 0.769. The van der Waals surface area contributed by atoms with Crippen molar-refractivity contribution in [2.24, 2.45) is 11.1 Å². The van der Waals surface area contributed by atoms with E-state index in [1.54, 1.807) is 4.90 Å². The number of nitrogens with zero attached hydrogens (tertiary/aromatic N) is 1. The summed E-state index contributed by atoms with van der Waals surface area (Å²) in [7, 11) is 0. The second-order valence-electron chi connectivity index (χ2n) is 6.70. The first-order valence-corrected chi connectivity index (χ1v) is 6.84. The topological polar surface area (TPSA) is 105 Å². The highest BCUT2D eigenvalue weighted by Gasteiger charge is 2.50. The Morgan fingerprint density at radius 1 is 1.40 bits per heavy atom. The Bertz CT molecular complexity index is 457. The van der Waals surface area contributed by atoms with Crippen LogP contribution in [0.1, 0.15) is 33.6 Å². The standard InChI is InChI=1S/C13H22N4O3/c1-12(2,3)8(14)9(18)17-6-4-5-13(7-17)10(19)15-11(20)16-13/h8H,4-7,14H2,1-3H3,(H2,15,16,19,20)/t8-,13?/m1/s1. The maximum Gasteiger partial charge on any atom is 0.322 e. The van der Waals surface area contributed by atoms with E-state index in [4.69, 9.17) is 5.73 Å². The van der Waals surface area contributed by atoms with Crippen LogP contribution in [-0.4, -0.2) is 47.4 Å². The lowest BCUT2D eigenvalue weighted by Gasteiger charge is -2.40. The predicted molar refractivity (Wildman–Crippen MR) is 72.6 cm³/mol. The third-order valence-corrected chi connectivity index (χ3v) is 4.02. The van der Waals surface area contributed by atoms with E-state index in [1.807, 2.05) is 20.8 Å². The molecule has 0 bridgehead atoms. The van der Waals surface area contributed by atoms with Crippen molar-refractivity contribution in [2.75, 3.05) is 13.1 Å². The second-order valence-corrected chi connectivity index (χ2v) is 6.70. The van der Waals surface area contributed by atoms with Crippen LogP contribution in [0.3, 0.4) is 0 Å². The highest BCUT2D eigenvalue weighted by molar-refractivity contribution is 6.07. The molecule has 4 N–H and O–H groups in total. The summed E-state index contributed by atoms with van der Waals surface area (Å²) in [5.74, 6) is -0.533. The predicted octanol–water partition coefficient (Wildman–Crippen LogP) is -0.440. The molecule has 2 aliphatic rings. The maximum atomic E-state index is 12.4. The van der Waals surface area contributed by atoms with Crippen molar-refractivity contribution in [3.05, 3.63) is 0 Å². The molecule has 2 rings (SSSR count). The van der Waals surface area contributed by atoms with Crippen LogP contribution in [0.4, 0.5) is 4.79 Å². The molecule has 7 nitrogen and oxygen atoms in total. The number of nitrogens with two attached hydrogens (primary N) is 1. The molecule has 4 amide bonds. The summed E-state index contributed by atoms with van der Waals surface area (Å²) in [6.07, 6.45) is 1.20. The smallest absolute Gasteiger partial charge is 0.322 e. The molecule has 2 heterocycles. The largest absolute Gasteiger partial charge is 0.338 e. The molecule has 2 fully saturated rings. The van der Waals surface area contributed by atoms with Gasteiger partial charge in [-0.1, -0.05) is 20.8 Å². The van der Waals surface area contributed by atoms with E-state index >= 15 is 0 Å². The molecule has 0 aromatic carbocycles. The van der Waals surface area contributed by atoms with Gasteiger partial charge in [0.1, 0.15) is 5.54 Å². The van der Waals surface area contributed by atoms with Crippen LogP contribution in [0.15, 0.2) is 0 Å². The number of nitrogens with one attached hydrogen (secondary N) is 2. The summed E-state index contributed by atoms with van der Waals surface area (Å²) in [6.45, 7) is 6.46. The first-order valence-electron chi connectivity index (χ1n) is 6.84. The monoisotopic (exact) mass is 282 g/mol. The lowest BCUT2D eigenvalue weighted by Crippen LogP contribution is -2.62. The van der Waals surface area contributed by atoms with Gasteiger partial charge in [-0.05, 0) is 18.3 Å². The average molecular weight is 282 g/mol. The van der Waals surface area contributed by atoms with Gasteiger partial charge in [-0.2, -0.15) is 0 Å². The van der Waals surface area contributed by atoms with Crippen LogP contribution in [0.2, 0.25) is 0 Å². The highest BCUT2D eigenvalue weighted by Crippen LogP contribution is 2.27. The molecule has 20 heavy (non-hydrogen) atoms. The molecule has 2 atom stereocenters. The van der Waals surface area contributed by atoms with E-state index in [-0.39, 0.29) is 23.8 Å². The molecule has 0 aromatic heterocycles. The van der Waals surface area contributed by atoms with Crippen molar-refractivity contribution in [1.29, 1.82) is 0 Å². The molecule has 2 aliphatic heterocycles. The lowest BCUT2D eigenvalue weighted by atomic mass is 9.84. The third-order valence-electron chi connectivity index (χ3n) is 4.02. The van der Waals surface area contributed by atoms with E-state index in [0.29, 0.717) is 19.4 Å². The van der Waals surface area contributed by atoms with Gasteiger partial charge < -0.3 is 16.0 Å². The number of piperidine rings is 1. The number of likely N-dealkylation sites (tertiary alicyclic amines) is 1. The number of carbonyl (C=O) groups is 3. The van der Waals surface area contributed by atoms with Crippen molar-refractivity contribution < 1.29 is 14.4 Å². The molecule has 0 aliphatic carbocycles. The molecule has 112 valence electrons. The lowest BCUT2D eigenvalue weighted by molar-refractivity contribution is -0.139. The van der Waals surface area contributed by atoms with Crippen LogP contribution in [0, 0.1) is 5.41 Å². The van der Waals surface area contributed by atoms with E-state index in [2.05, 4.69) is 10.6 Å². The van der Waals surface area contributed by atoms with Gasteiger partial charge in [-0.3, -0.25) is 14.9 Å².